The van der Waals surface area contributed by atoms with Crippen LogP contribution in [0.25, 0.3) is 21.7 Å². The number of urea groups is 1. The Morgan fingerprint density at radius 2 is 1.75 bits per heavy atom. The normalized spacial score (nSPS) is 20.0. The summed E-state index contributed by atoms with van der Waals surface area (Å²) in [4.78, 5) is 51.3. The van der Waals surface area contributed by atoms with E-state index >= 15 is 0 Å². The molecule has 15 heteroatoms. The van der Waals surface area contributed by atoms with Gasteiger partial charge < -0.3 is 15.1 Å². The van der Waals surface area contributed by atoms with Crippen molar-refractivity contribution >= 4 is 56.6 Å². The van der Waals surface area contributed by atoms with Crippen LogP contribution in [0.3, 0.4) is 0 Å². The van der Waals surface area contributed by atoms with Gasteiger partial charge in [0.25, 0.3) is 5.91 Å². The minimum absolute atomic E-state index is 0.260. The fraction of sp³-hybridized carbons (Fsp3) is 0.400. The maximum Gasteiger partial charge on any atom is 0.433 e. The first-order valence-corrected chi connectivity index (χ1v) is 18.8. The minimum Gasteiger partial charge on any atom is -0.371 e. The molecule has 3 fully saturated rings. The summed E-state index contributed by atoms with van der Waals surface area (Å²) in [6, 6.07) is 15.2. The summed E-state index contributed by atoms with van der Waals surface area (Å²) in [5, 5.41) is 12.6. The molecule has 0 atom stereocenters. The average molecular weight is 754 g/mol. The van der Waals surface area contributed by atoms with E-state index in [9.17, 15) is 27.6 Å². The molecule has 3 aromatic heterocycles. The first-order valence-electron chi connectivity index (χ1n) is 18.8. The molecule has 2 aliphatic heterocycles. The number of alkyl halides is 3. The standard InChI is InChI=1S/C40H42F3N9O3/c1-49(29-13-16-50(17-14-29)31-10-11-32-26(20-31)21-44-22-35(32)51-18-15-37(53)47-39(51)55)23-25-5-8-30(9-6-25)52-24-27-19-28(7-12-33(27)48-52)45-38(54)34-3-2-4-36(46-34)40(41,42)43/h2-4,7,10-12,19-22,24-25,29-30H,5-6,8-9,13-18,23H2,1H3,(H,45,54)(H,47,53,55)/t25-,30-. The number of carbonyl (C=O) groups excluding carboxylic acids is 3. The van der Waals surface area contributed by atoms with Gasteiger partial charge in [0.2, 0.25) is 5.91 Å². The Morgan fingerprint density at radius 1 is 0.945 bits per heavy atom. The van der Waals surface area contributed by atoms with Gasteiger partial charge in [0.05, 0.1) is 23.4 Å². The summed E-state index contributed by atoms with van der Waals surface area (Å²) in [5.41, 5.74) is 1.68. The summed E-state index contributed by atoms with van der Waals surface area (Å²) >= 11 is 0. The molecule has 2 N–H and O–H groups in total. The first kappa shape index (κ1) is 36.4. The molecule has 2 aromatic carbocycles. The average Bonchev–Trinajstić information content (AvgIpc) is 3.61. The maximum absolute atomic E-state index is 13.1. The van der Waals surface area contributed by atoms with E-state index in [-0.39, 0.29) is 24.1 Å². The van der Waals surface area contributed by atoms with Crippen molar-refractivity contribution in [1.29, 1.82) is 0 Å². The quantitative estimate of drug-likeness (QED) is 0.173. The molecule has 1 saturated carbocycles. The predicted octanol–water partition coefficient (Wildman–Crippen LogP) is 7.03. The molecular formula is C40H42F3N9O3. The van der Waals surface area contributed by atoms with E-state index in [4.69, 9.17) is 5.10 Å². The number of piperidine rings is 1. The molecule has 0 spiro atoms. The van der Waals surface area contributed by atoms with E-state index in [2.05, 4.69) is 55.6 Å². The number of amides is 4. The van der Waals surface area contributed by atoms with Gasteiger partial charge in [-0.1, -0.05) is 12.1 Å². The second kappa shape index (κ2) is 14.9. The Bertz CT molecular complexity index is 2240. The van der Waals surface area contributed by atoms with Crippen LogP contribution >= 0.6 is 0 Å². The molecule has 0 bridgehead atoms. The van der Waals surface area contributed by atoms with Gasteiger partial charge >= 0.3 is 12.2 Å². The number of rotatable bonds is 8. The van der Waals surface area contributed by atoms with Gasteiger partial charge in [-0.05, 0) is 94.0 Å². The number of hydrogen-bond acceptors (Lipinski definition) is 8. The third-order valence-corrected chi connectivity index (χ3v) is 11.3. The predicted molar refractivity (Wildman–Crippen MR) is 203 cm³/mol. The summed E-state index contributed by atoms with van der Waals surface area (Å²) in [6.07, 6.45) is 7.53. The van der Waals surface area contributed by atoms with Crippen LogP contribution in [0.2, 0.25) is 0 Å². The van der Waals surface area contributed by atoms with E-state index in [0.717, 1.165) is 91.6 Å². The van der Waals surface area contributed by atoms with Crippen LogP contribution < -0.4 is 20.4 Å². The molecule has 5 heterocycles. The topological polar surface area (TPSA) is 129 Å². The Balaban J connectivity index is 0.819. The molecule has 12 nitrogen and oxygen atoms in total. The Labute approximate surface area is 315 Å². The van der Waals surface area contributed by atoms with Crippen molar-refractivity contribution in [2.45, 2.75) is 63.2 Å². The number of anilines is 3. The SMILES string of the molecule is CN(C[C@H]1CC[C@H](n2cc3cc(NC(=O)c4cccc(C(F)(F)F)n4)ccc3n2)CC1)C1CCN(c2ccc3c(N4CCC(=O)NC4=O)cncc3c2)CC1. The lowest BCUT2D eigenvalue weighted by Crippen LogP contribution is -2.49. The number of nitrogens with one attached hydrogen (secondary N) is 2. The molecular weight excluding hydrogens is 711 g/mol. The Hall–Kier alpha value is -5.57. The van der Waals surface area contributed by atoms with E-state index in [0.29, 0.717) is 29.9 Å². The van der Waals surface area contributed by atoms with Crippen molar-refractivity contribution < 1.29 is 27.6 Å². The van der Waals surface area contributed by atoms with Crippen LogP contribution in [-0.2, 0) is 11.0 Å². The van der Waals surface area contributed by atoms with Crippen LogP contribution in [0.5, 0.6) is 0 Å². The Morgan fingerprint density at radius 3 is 2.51 bits per heavy atom. The van der Waals surface area contributed by atoms with E-state index in [1.165, 1.54) is 12.1 Å². The number of pyridine rings is 2. The molecule has 4 amide bonds. The lowest BCUT2D eigenvalue weighted by molar-refractivity contribution is -0.141. The molecule has 0 unspecified atom stereocenters. The number of benzene rings is 2. The fourth-order valence-corrected chi connectivity index (χ4v) is 8.29. The number of hydrogen-bond donors (Lipinski definition) is 2. The highest BCUT2D eigenvalue weighted by molar-refractivity contribution is 6.10. The zero-order valence-corrected chi connectivity index (χ0v) is 30.4. The van der Waals surface area contributed by atoms with Crippen molar-refractivity contribution in [3.8, 4) is 0 Å². The molecule has 286 valence electrons. The van der Waals surface area contributed by atoms with Gasteiger partial charge in [-0.25, -0.2) is 9.78 Å². The van der Waals surface area contributed by atoms with Gasteiger partial charge in [-0.2, -0.15) is 18.3 Å². The second-order valence-corrected chi connectivity index (χ2v) is 14.9. The van der Waals surface area contributed by atoms with Crippen LogP contribution in [0.1, 0.15) is 67.2 Å². The van der Waals surface area contributed by atoms with Crippen LogP contribution in [-0.4, -0.2) is 81.8 Å². The molecule has 5 aromatic rings. The molecule has 2 saturated heterocycles. The molecule has 55 heavy (non-hydrogen) atoms. The number of imide groups is 1. The lowest BCUT2D eigenvalue weighted by atomic mass is 9.85. The highest BCUT2D eigenvalue weighted by atomic mass is 19.4. The van der Waals surface area contributed by atoms with E-state index < -0.39 is 23.8 Å². The van der Waals surface area contributed by atoms with Crippen molar-refractivity contribution in [2.24, 2.45) is 5.92 Å². The van der Waals surface area contributed by atoms with E-state index in [1.54, 1.807) is 23.2 Å². The number of fused-ring (bicyclic) bond motifs is 2. The van der Waals surface area contributed by atoms with Crippen molar-refractivity contribution in [1.82, 2.24) is 30.0 Å². The number of halogens is 3. The molecule has 1 aliphatic carbocycles. The number of carbonyl (C=O) groups is 3. The highest BCUT2D eigenvalue weighted by Gasteiger charge is 2.33. The van der Waals surface area contributed by atoms with Crippen LogP contribution in [0.15, 0.2) is 73.2 Å². The third-order valence-electron chi connectivity index (χ3n) is 11.3. The fourth-order valence-electron chi connectivity index (χ4n) is 8.29. The number of nitrogens with zero attached hydrogens (tertiary/aromatic N) is 7. The van der Waals surface area contributed by atoms with Crippen molar-refractivity contribution in [3.05, 3.63) is 84.6 Å². The summed E-state index contributed by atoms with van der Waals surface area (Å²) < 4.78 is 41.2. The van der Waals surface area contributed by atoms with E-state index in [1.807, 2.05) is 23.1 Å². The third kappa shape index (κ3) is 7.84. The molecule has 8 rings (SSSR count). The molecule has 0 radical (unpaired) electrons. The molecule has 3 aliphatic rings. The smallest absolute Gasteiger partial charge is 0.371 e. The zero-order chi connectivity index (χ0) is 38.3. The van der Waals surface area contributed by atoms with Gasteiger partial charge in [-0.3, -0.25) is 29.5 Å². The van der Waals surface area contributed by atoms with Crippen molar-refractivity contribution in [3.63, 3.8) is 0 Å². The van der Waals surface area contributed by atoms with Crippen LogP contribution in [0.4, 0.5) is 35.0 Å². The Kier molecular flexibility index (Phi) is 9.88. The monoisotopic (exact) mass is 753 g/mol. The zero-order valence-electron chi connectivity index (χ0n) is 30.4. The second-order valence-electron chi connectivity index (χ2n) is 14.9. The first-order chi connectivity index (χ1) is 26.5. The minimum atomic E-state index is -4.63. The van der Waals surface area contributed by atoms with Gasteiger partial charge in [0, 0.05) is 78.6 Å². The summed E-state index contributed by atoms with van der Waals surface area (Å²) in [7, 11) is 2.25. The lowest BCUT2D eigenvalue weighted by Gasteiger charge is -2.40. The van der Waals surface area contributed by atoms with Gasteiger partial charge in [0.15, 0.2) is 0 Å². The summed E-state index contributed by atoms with van der Waals surface area (Å²) in [6.45, 7) is 3.30. The van der Waals surface area contributed by atoms with Gasteiger partial charge in [0.1, 0.15) is 11.4 Å². The largest absolute Gasteiger partial charge is 0.433 e. The highest BCUT2D eigenvalue weighted by Crippen LogP contribution is 2.35. The van der Waals surface area contributed by atoms with Gasteiger partial charge in [-0.15, -0.1) is 0 Å². The van der Waals surface area contributed by atoms with Crippen LogP contribution in [0, 0.1) is 5.92 Å². The number of aromatic nitrogens is 4. The summed E-state index contributed by atoms with van der Waals surface area (Å²) in [5.74, 6) is -0.362. The maximum atomic E-state index is 13.1. The van der Waals surface area contributed by atoms with Crippen molar-refractivity contribution in [2.75, 3.05) is 48.3 Å².